The van der Waals surface area contributed by atoms with Gasteiger partial charge in [0.15, 0.2) is 0 Å². The van der Waals surface area contributed by atoms with Crippen molar-refractivity contribution >= 4 is 39.1 Å². The highest BCUT2D eigenvalue weighted by molar-refractivity contribution is 7.18. The van der Waals surface area contributed by atoms with Gasteiger partial charge in [-0.2, -0.15) is 0 Å². The zero-order valence-corrected chi connectivity index (χ0v) is 13.7. The van der Waals surface area contributed by atoms with E-state index in [9.17, 15) is 9.59 Å². The Hall–Kier alpha value is -1.99. The Labute approximate surface area is 133 Å². The molecule has 0 spiro atoms. The summed E-state index contributed by atoms with van der Waals surface area (Å²) in [5, 5.41) is 6.27. The molecule has 0 aliphatic carbocycles. The van der Waals surface area contributed by atoms with Crippen molar-refractivity contribution in [3.63, 3.8) is 0 Å². The zero-order valence-electron chi connectivity index (χ0n) is 12.8. The van der Waals surface area contributed by atoms with E-state index in [4.69, 9.17) is 5.73 Å². The number of carbonyl (C=O) groups excluding carboxylic acids is 2. The van der Waals surface area contributed by atoms with Gasteiger partial charge in [0.25, 0.3) is 0 Å². The van der Waals surface area contributed by atoms with Crippen LogP contribution in [-0.4, -0.2) is 29.4 Å². The molecule has 1 aromatic carbocycles. The summed E-state index contributed by atoms with van der Waals surface area (Å²) >= 11 is 1.57. The van der Waals surface area contributed by atoms with E-state index in [0.29, 0.717) is 5.69 Å². The number of fused-ring (bicyclic) bond motifs is 1. The largest absolute Gasteiger partial charge is 0.346 e. The summed E-state index contributed by atoms with van der Waals surface area (Å²) in [5.74, 6) is -0.580. The maximum Gasteiger partial charge on any atom is 0.243 e. The quantitative estimate of drug-likeness (QED) is 0.780. The van der Waals surface area contributed by atoms with Gasteiger partial charge in [-0.05, 0) is 31.0 Å². The minimum Gasteiger partial charge on any atom is -0.346 e. The van der Waals surface area contributed by atoms with Crippen molar-refractivity contribution in [2.24, 2.45) is 11.7 Å². The van der Waals surface area contributed by atoms with Crippen LogP contribution in [0, 0.1) is 12.8 Å². The molecule has 1 atom stereocenters. The summed E-state index contributed by atoms with van der Waals surface area (Å²) in [5.41, 5.74) is 7.31. The molecule has 0 fully saturated rings. The molecule has 7 heteroatoms. The second kappa shape index (κ2) is 6.85. The van der Waals surface area contributed by atoms with Gasteiger partial charge in [-0.3, -0.25) is 9.59 Å². The van der Waals surface area contributed by atoms with Crippen molar-refractivity contribution in [3.8, 4) is 0 Å². The third-order valence-electron chi connectivity index (χ3n) is 3.22. The van der Waals surface area contributed by atoms with Crippen LogP contribution in [0.3, 0.4) is 0 Å². The molecule has 0 aliphatic heterocycles. The lowest BCUT2D eigenvalue weighted by Gasteiger charge is -2.15. The number of carbonyl (C=O) groups is 2. The molecule has 1 heterocycles. The maximum atomic E-state index is 11.9. The van der Waals surface area contributed by atoms with Crippen LogP contribution in [0.25, 0.3) is 10.2 Å². The normalized spacial score (nSPS) is 12.4. The van der Waals surface area contributed by atoms with Crippen molar-refractivity contribution in [2.75, 3.05) is 11.9 Å². The molecule has 0 bridgehead atoms. The zero-order chi connectivity index (χ0) is 16.3. The highest BCUT2D eigenvalue weighted by atomic mass is 32.1. The van der Waals surface area contributed by atoms with Gasteiger partial charge in [0.1, 0.15) is 0 Å². The van der Waals surface area contributed by atoms with Crippen molar-refractivity contribution in [1.82, 2.24) is 10.3 Å². The molecule has 0 saturated carbocycles. The SMILES string of the molecule is Cc1nc2ccc(NC(=O)CNC(=O)[C@@H](N)C(C)C)cc2s1. The Kier molecular flexibility index (Phi) is 5.10. The van der Waals surface area contributed by atoms with E-state index in [1.54, 1.807) is 17.4 Å². The second-order valence-electron chi connectivity index (χ2n) is 5.45. The van der Waals surface area contributed by atoms with Crippen molar-refractivity contribution in [1.29, 1.82) is 0 Å². The first-order valence-electron chi connectivity index (χ1n) is 7.07. The predicted octanol–water partition coefficient (Wildman–Crippen LogP) is 1.64. The molecular weight excluding hydrogens is 300 g/mol. The fourth-order valence-electron chi connectivity index (χ4n) is 1.91. The monoisotopic (exact) mass is 320 g/mol. The molecule has 0 radical (unpaired) electrons. The fraction of sp³-hybridized carbons (Fsp3) is 0.400. The molecule has 2 rings (SSSR count). The van der Waals surface area contributed by atoms with Crippen molar-refractivity contribution in [3.05, 3.63) is 23.2 Å². The number of rotatable bonds is 5. The molecule has 0 saturated heterocycles. The average Bonchev–Trinajstić information content (AvgIpc) is 2.83. The summed E-state index contributed by atoms with van der Waals surface area (Å²) in [7, 11) is 0. The van der Waals surface area contributed by atoms with E-state index in [2.05, 4.69) is 15.6 Å². The fourth-order valence-corrected chi connectivity index (χ4v) is 2.78. The van der Waals surface area contributed by atoms with E-state index < -0.39 is 6.04 Å². The first kappa shape index (κ1) is 16.4. The summed E-state index contributed by atoms with van der Waals surface area (Å²) < 4.78 is 1.01. The number of thiazole rings is 1. The lowest BCUT2D eigenvalue weighted by atomic mass is 10.1. The van der Waals surface area contributed by atoms with Crippen LogP contribution in [0.5, 0.6) is 0 Å². The predicted molar refractivity (Wildman–Crippen MR) is 88.8 cm³/mol. The van der Waals surface area contributed by atoms with Crippen LogP contribution < -0.4 is 16.4 Å². The summed E-state index contributed by atoms with van der Waals surface area (Å²) in [6.45, 7) is 5.56. The third-order valence-corrected chi connectivity index (χ3v) is 4.16. The second-order valence-corrected chi connectivity index (χ2v) is 6.69. The molecule has 118 valence electrons. The summed E-state index contributed by atoms with van der Waals surface area (Å²) in [6.07, 6.45) is 0. The van der Waals surface area contributed by atoms with Gasteiger partial charge in [0.2, 0.25) is 11.8 Å². The molecular formula is C15H20N4O2S. The van der Waals surface area contributed by atoms with Crippen LogP contribution >= 0.6 is 11.3 Å². The van der Waals surface area contributed by atoms with Gasteiger partial charge >= 0.3 is 0 Å². The number of hydrogen-bond donors (Lipinski definition) is 3. The molecule has 1 aromatic heterocycles. The van der Waals surface area contributed by atoms with Gasteiger partial charge in [-0.15, -0.1) is 11.3 Å². The van der Waals surface area contributed by atoms with Crippen LogP contribution in [0.4, 0.5) is 5.69 Å². The first-order chi connectivity index (χ1) is 10.4. The van der Waals surface area contributed by atoms with Gasteiger partial charge in [-0.25, -0.2) is 4.98 Å². The summed E-state index contributed by atoms with van der Waals surface area (Å²) in [4.78, 5) is 27.9. The van der Waals surface area contributed by atoms with Crippen molar-refractivity contribution in [2.45, 2.75) is 26.8 Å². The Balaban J connectivity index is 1.92. The van der Waals surface area contributed by atoms with E-state index in [-0.39, 0.29) is 24.3 Å². The third kappa shape index (κ3) is 4.02. The lowest BCUT2D eigenvalue weighted by molar-refractivity contribution is -0.125. The van der Waals surface area contributed by atoms with Gasteiger partial charge < -0.3 is 16.4 Å². The smallest absolute Gasteiger partial charge is 0.243 e. The van der Waals surface area contributed by atoms with Gasteiger partial charge in [0.05, 0.1) is 27.8 Å². The molecule has 22 heavy (non-hydrogen) atoms. The molecule has 4 N–H and O–H groups in total. The first-order valence-corrected chi connectivity index (χ1v) is 7.89. The van der Waals surface area contributed by atoms with Crippen LogP contribution in [0.2, 0.25) is 0 Å². The van der Waals surface area contributed by atoms with E-state index in [0.717, 1.165) is 15.2 Å². The van der Waals surface area contributed by atoms with Crippen molar-refractivity contribution < 1.29 is 9.59 Å². The molecule has 0 unspecified atom stereocenters. The number of nitrogens with zero attached hydrogens (tertiary/aromatic N) is 1. The molecule has 6 nitrogen and oxygen atoms in total. The number of nitrogens with one attached hydrogen (secondary N) is 2. The molecule has 0 aliphatic rings. The Morgan fingerprint density at radius 3 is 2.77 bits per heavy atom. The minimum atomic E-state index is -0.607. The number of amides is 2. The molecule has 2 aromatic rings. The lowest BCUT2D eigenvalue weighted by Crippen LogP contribution is -2.46. The average molecular weight is 320 g/mol. The highest BCUT2D eigenvalue weighted by Gasteiger charge is 2.17. The van der Waals surface area contributed by atoms with E-state index in [1.165, 1.54) is 0 Å². The standard InChI is InChI=1S/C15H20N4O2S/c1-8(2)14(16)15(21)17-7-13(20)19-10-4-5-11-12(6-10)22-9(3)18-11/h4-6,8,14H,7,16H2,1-3H3,(H,17,21)(H,19,20)/t14-/m0/s1. The Morgan fingerprint density at radius 2 is 2.09 bits per heavy atom. The van der Waals surface area contributed by atoms with E-state index >= 15 is 0 Å². The van der Waals surface area contributed by atoms with Crippen LogP contribution in [0.1, 0.15) is 18.9 Å². The highest BCUT2D eigenvalue weighted by Crippen LogP contribution is 2.24. The number of nitrogens with two attached hydrogens (primary N) is 1. The van der Waals surface area contributed by atoms with Gasteiger partial charge in [0, 0.05) is 5.69 Å². The summed E-state index contributed by atoms with van der Waals surface area (Å²) in [6, 6.07) is 4.92. The van der Waals surface area contributed by atoms with Crippen LogP contribution in [-0.2, 0) is 9.59 Å². The maximum absolute atomic E-state index is 11.9. The number of aryl methyl sites for hydroxylation is 1. The topological polar surface area (TPSA) is 97.1 Å². The number of aromatic nitrogens is 1. The number of hydrogen-bond acceptors (Lipinski definition) is 5. The van der Waals surface area contributed by atoms with Gasteiger partial charge in [-0.1, -0.05) is 13.8 Å². The Bertz CT molecular complexity index is 696. The molecule has 2 amide bonds. The minimum absolute atomic E-state index is 0.0278. The number of anilines is 1. The number of benzene rings is 1. The van der Waals surface area contributed by atoms with Crippen LogP contribution in [0.15, 0.2) is 18.2 Å². The van der Waals surface area contributed by atoms with E-state index in [1.807, 2.05) is 32.9 Å². The Morgan fingerprint density at radius 1 is 1.36 bits per heavy atom.